The number of nitrogens with zero attached hydrogens (tertiary/aromatic N) is 4. The average Bonchev–Trinajstić information content (AvgIpc) is 2.88. The van der Waals surface area contributed by atoms with Crippen molar-refractivity contribution in [2.45, 2.75) is 13.5 Å². The lowest BCUT2D eigenvalue weighted by Crippen LogP contribution is -2.33. The zero-order valence-corrected chi connectivity index (χ0v) is 18.6. The van der Waals surface area contributed by atoms with Crippen molar-refractivity contribution in [3.63, 3.8) is 0 Å². The summed E-state index contributed by atoms with van der Waals surface area (Å²) >= 11 is 0. The van der Waals surface area contributed by atoms with Crippen LogP contribution >= 0.6 is 0 Å². The highest BCUT2D eigenvalue weighted by molar-refractivity contribution is 6.09. The number of nitrogens with two attached hydrogens (primary N) is 1. The zero-order chi connectivity index (χ0) is 24.1. The topological polar surface area (TPSA) is 135 Å². The molecule has 4 heterocycles. The molecule has 0 spiro atoms. The molecule has 10 heteroatoms. The Morgan fingerprint density at radius 1 is 1.09 bits per heavy atom. The summed E-state index contributed by atoms with van der Waals surface area (Å²) < 4.78 is 20.6. The van der Waals surface area contributed by atoms with Crippen molar-refractivity contribution in [1.29, 1.82) is 5.41 Å². The van der Waals surface area contributed by atoms with Gasteiger partial charge in [0, 0.05) is 41.8 Å². The van der Waals surface area contributed by atoms with Crippen LogP contribution in [0.2, 0.25) is 0 Å². The van der Waals surface area contributed by atoms with Gasteiger partial charge in [-0.2, -0.15) is 0 Å². The van der Waals surface area contributed by atoms with Crippen LogP contribution in [0.4, 0.5) is 4.39 Å². The van der Waals surface area contributed by atoms with Crippen molar-refractivity contribution < 1.29 is 9.13 Å². The Kier molecular flexibility index (Phi) is 6.69. The molecule has 0 aliphatic heterocycles. The van der Waals surface area contributed by atoms with Gasteiger partial charge in [0.25, 0.3) is 0 Å². The minimum atomic E-state index is -0.873. The van der Waals surface area contributed by atoms with E-state index in [1.54, 1.807) is 43.9 Å². The summed E-state index contributed by atoms with van der Waals surface area (Å²) in [5.41, 5.74) is 5.84. The maximum absolute atomic E-state index is 15.1. The Balaban J connectivity index is 1.54. The number of methoxy groups -OCH3 is 1. The van der Waals surface area contributed by atoms with Gasteiger partial charge in [-0.15, -0.1) is 0 Å². The highest BCUT2D eigenvalue weighted by Crippen LogP contribution is 2.28. The molecule has 0 saturated carbocycles. The van der Waals surface area contributed by atoms with Gasteiger partial charge >= 0.3 is 0 Å². The minimum absolute atomic E-state index is 0.147. The Labute approximate surface area is 195 Å². The molecule has 0 fully saturated rings. The number of halogens is 1. The summed E-state index contributed by atoms with van der Waals surface area (Å²) in [5.74, 6) is 5.08. The van der Waals surface area contributed by atoms with Gasteiger partial charge in [0.05, 0.1) is 24.5 Å². The maximum atomic E-state index is 15.1. The number of hydrogen-bond donors (Lipinski definition) is 4. The van der Waals surface area contributed by atoms with E-state index in [9.17, 15) is 0 Å². The minimum Gasteiger partial charge on any atom is -0.494 e. The summed E-state index contributed by atoms with van der Waals surface area (Å²) in [4.78, 5) is 17.0. The molecule has 0 aliphatic carbocycles. The number of pyridine rings is 4. The van der Waals surface area contributed by atoms with Crippen molar-refractivity contribution in [1.82, 2.24) is 30.7 Å². The summed E-state index contributed by atoms with van der Waals surface area (Å²) in [6.07, 6.45) is 6.52. The van der Waals surface area contributed by atoms with E-state index >= 15 is 4.39 Å². The fourth-order valence-electron chi connectivity index (χ4n) is 3.38. The van der Waals surface area contributed by atoms with Crippen molar-refractivity contribution >= 4 is 16.6 Å². The van der Waals surface area contributed by atoms with Gasteiger partial charge in [-0.1, -0.05) is 6.07 Å². The van der Waals surface area contributed by atoms with E-state index in [4.69, 9.17) is 16.0 Å². The average molecular weight is 459 g/mol. The highest BCUT2D eigenvalue weighted by Gasteiger charge is 2.16. The van der Waals surface area contributed by atoms with E-state index in [-0.39, 0.29) is 18.1 Å². The molecule has 4 rings (SSSR count). The molecule has 0 unspecified atom stereocenters. The third-order valence-electron chi connectivity index (χ3n) is 5.10. The van der Waals surface area contributed by atoms with Gasteiger partial charge in [-0.05, 0) is 42.8 Å². The SMILES string of the molecule is COc1cc(CN/C(NN)=C(\F)C(=N)c2cc3cccnc3cn2)cnc1-c1ccnc(C)c1. The number of ether oxygens (including phenoxy) is 1. The summed E-state index contributed by atoms with van der Waals surface area (Å²) in [6.45, 7) is 2.09. The van der Waals surface area contributed by atoms with E-state index in [1.165, 1.54) is 6.20 Å². The lowest BCUT2D eigenvalue weighted by Gasteiger charge is -2.14. The molecule has 0 radical (unpaired) electrons. The van der Waals surface area contributed by atoms with Crippen LogP contribution in [0.5, 0.6) is 5.75 Å². The molecule has 0 atom stereocenters. The fourth-order valence-corrected chi connectivity index (χ4v) is 3.38. The van der Waals surface area contributed by atoms with Crippen LogP contribution in [0.15, 0.2) is 72.8 Å². The van der Waals surface area contributed by atoms with Crippen LogP contribution in [-0.2, 0) is 6.54 Å². The summed E-state index contributed by atoms with van der Waals surface area (Å²) in [5, 5.41) is 11.9. The molecule has 9 nitrogen and oxygen atoms in total. The van der Waals surface area contributed by atoms with Crippen LogP contribution in [-0.4, -0.2) is 32.8 Å². The van der Waals surface area contributed by atoms with E-state index in [0.717, 1.165) is 22.2 Å². The largest absolute Gasteiger partial charge is 0.494 e. The van der Waals surface area contributed by atoms with Gasteiger partial charge < -0.3 is 15.5 Å². The number of nitrogens with one attached hydrogen (secondary N) is 3. The van der Waals surface area contributed by atoms with Crippen LogP contribution in [0.25, 0.3) is 22.2 Å². The van der Waals surface area contributed by atoms with Crippen molar-refractivity contribution in [3.8, 4) is 17.0 Å². The van der Waals surface area contributed by atoms with E-state index < -0.39 is 11.5 Å². The molecule has 0 bridgehead atoms. The number of allylic oxidation sites excluding steroid dienone is 1. The summed E-state index contributed by atoms with van der Waals surface area (Å²) in [6, 6.07) is 10.8. The first kappa shape index (κ1) is 22.7. The normalized spacial score (nSPS) is 11.6. The Morgan fingerprint density at radius 3 is 2.71 bits per heavy atom. The Morgan fingerprint density at radius 2 is 1.94 bits per heavy atom. The summed E-state index contributed by atoms with van der Waals surface area (Å²) in [7, 11) is 1.56. The lowest BCUT2D eigenvalue weighted by molar-refractivity contribution is 0.414. The first-order valence-corrected chi connectivity index (χ1v) is 10.4. The van der Waals surface area contributed by atoms with Gasteiger partial charge in [0.2, 0.25) is 0 Å². The molecule has 0 aromatic carbocycles. The maximum Gasteiger partial charge on any atom is 0.191 e. The van der Waals surface area contributed by atoms with Crippen molar-refractivity contribution in [2.24, 2.45) is 5.84 Å². The molecule has 0 amide bonds. The molecule has 4 aromatic rings. The zero-order valence-electron chi connectivity index (χ0n) is 18.6. The van der Waals surface area contributed by atoms with Crippen LogP contribution < -0.4 is 21.3 Å². The fraction of sp³-hybridized carbons (Fsp3) is 0.125. The predicted octanol–water partition coefficient (Wildman–Crippen LogP) is 3.16. The molecule has 0 aliphatic rings. The van der Waals surface area contributed by atoms with E-state index in [2.05, 4.69) is 30.7 Å². The van der Waals surface area contributed by atoms with Crippen LogP contribution in [0, 0.1) is 12.3 Å². The standard InChI is InChI=1S/C24H23FN8O/c1-14-8-17(5-7-28-14)23-20(34-2)9-15(11-31-23)12-32-24(33-27)21(25)22(26)18-10-16-4-3-6-29-19(16)13-30-18/h3-11,13,26,32-33H,12,27H2,1-2H3/b24-21+,26-22?. The Bertz CT molecular complexity index is 1390. The number of aryl methyl sites for hydroxylation is 1. The van der Waals surface area contributed by atoms with Gasteiger partial charge in [0.15, 0.2) is 11.6 Å². The Hall–Kier alpha value is -4.44. The van der Waals surface area contributed by atoms with Crippen molar-refractivity contribution in [3.05, 3.63) is 89.8 Å². The molecule has 4 aromatic heterocycles. The lowest BCUT2D eigenvalue weighted by atomic mass is 10.1. The number of aromatic nitrogens is 4. The molecule has 34 heavy (non-hydrogen) atoms. The van der Waals surface area contributed by atoms with Crippen LogP contribution in [0.1, 0.15) is 17.0 Å². The second-order valence-electron chi connectivity index (χ2n) is 7.41. The number of rotatable bonds is 8. The van der Waals surface area contributed by atoms with Gasteiger partial charge in [-0.3, -0.25) is 25.3 Å². The third kappa shape index (κ3) is 4.81. The van der Waals surface area contributed by atoms with Gasteiger partial charge in [0.1, 0.15) is 17.2 Å². The molecule has 0 saturated heterocycles. The number of fused-ring (bicyclic) bond motifs is 1. The van der Waals surface area contributed by atoms with E-state index in [1.807, 2.05) is 25.1 Å². The molecular formula is C24H23FN8O. The second-order valence-corrected chi connectivity index (χ2v) is 7.41. The molecule has 172 valence electrons. The smallest absolute Gasteiger partial charge is 0.191 e. The second kappa shape index (κ2) is 10.0. The number of hydrazine groups is 1. The van der Waals surface area contributed by atoms with Crippen molar-refractivity contribution in [2.75, 3.05) is 7.11 Å². The first-order chi connectivity index (χ1) is 16.5. The predicted molar refractivity (Wildman–Crippen MR) is 127 cm³/mol. The molecule has 5 N–H and O–H groups in total. The first-order valence-electron chi connectivity index (χ1n) is 10.4. The van der Waals surface area contributed by atoms with E-state index in [0.29, 0.717) is 17.0 Å². The third-order valence-corrected chi connectivity index (χ3v) is 5.10. The monoisotopic (exact) mass is 458 g/mol. The number of hydrogen-bond acceptors (Lipinski definition) is 9. The quantitative estimate of drug-likeness (QED) is 0.180. The molecular weight excluding hydrogens is 435 g/mol. The van der Waals surface area contributed by atoms with Gasteiger partial charge in [-0.25, -0.2) is 10.2 Å². The highest BCUT2D eigenvalue weighted by atomic mass is 19.1. The van der Waals surface area contributed by atoms with Crippen LogP contribution in [0.3, 0.4) is 0 Å².